The quantitative estimate of drug-likeness (QED) is 0.290. The number of ether oxygens (including phenoxy) is 1. The summed E-state index contributed by atoms with van der Waals surface area (Å²) in [6.07, 6.45) is 1.89. The first-order valence-electron chi connectivity index (χ1n) is 12.3. The number of methoxy groups -OCH3 is 1. The predicted molar refractivity (Wildman–Crippen MR) is 151 cm³/mol. The van der Waals surface area contributed by atoms with E-state index in [9.17, 15) is 9.59 Å². The molecule has 196 valence electrons. The van der Waals surface area contributed by atoms with Crippen molar-refractivity contribution in [3.63, 3.8) is 0 Å². The molecule has 0 unspecified atom stereocenters. The maximum absolute atomic E-state index is 13.3. The molecular weight excluding hydrogens is 500 g/mol. The van der Waals surface area contributed by atoms with Crippen molar-refractivity contribution in [3.8, 4) is 22.7 Å². The van der Waals surface area contributed by atoms with Gasteiger partial charge in [0.05, 0.1) is 12.8 Å². The molecule has 2 amide bonds. The molecule has 4 rings (SSSR count). The van der Waals surface area contributed by atoms with Crippen molar-refractivity contribution in [2.75, 3.05) is 19.0 Å². The Kier molecular flexibility index (Phi) is 8.17. The number of carbonyl (C=O) groups excluding carboxylic acids is 2. The van der Waals surface area contributed by atoms with Gasteiger partial charge in [0.15, 0.2) is 0 Å². The number of imidazole rings is 1. The Morgan fingerprint density at radius 3 is 2.29 bits per heavy atom. The van der Waals surface area contributed by atoms with Crippen molar-refractivity contribution in [2.24, 2.45) is 0 Å². The summed E-state index contributed by atoms with van der Waals surface area (Å²) in [5, 5.41) is 3.47. The van der Waals surface area contributed by atoms with Gasteiger partial charge in [-0.1, -0.05) is 17.7 Å². The van der Waals surface area contributed by atoms with E-state index in [4.69, 9.17) is 21.3 Å². The number of hydrogen-bond acceptors (Lipinski definition) is 4. The average Bonchev–Trinajstić information content (AvgIpc) is 3.32. The van der Waals surface area contributed by atoms with E-state index >= 15 is 0 Å². The molecule has 1 aromatic heterocycles. The molecule has 7 nitrogen and oxygen atoms in total. The van der Waals surface area contributed by atoms with Gasteiger partial charge in [0.2, 0.25) is 11.9 Å². The zero-order valence-electron chi connectivity index (χ0n) is 22.2. The second-order valence-corrected chi connectivity index (χ2v) is 9.84. The first kappa shape index (κ1) is 26.9. The molecule has 0 radical (unpaired) electrons. The molecule has 0 spiro atoms. The van der Waals surface area contributed by atoms with Crippen molar-refractivity contribution in [1.29, 1.82) is 0 Å². The van der Waals surface area contributed by atoms with Crippen LogP contribution in [0.1, 0.15) is 35.3 Å². The number of carbonyl (C=O) groups is 2. The lowest BCUT2D eigenvalue weighted by atomic mass is 10.1. The van der Waals surface area contributed by atoms with Crippen LogP contribution in [0.25, 0.3) is 16.9 Å². The summed E-state index contributed by atoms with van der Waals surface area (Å²) < 4.78 is 7.12. The number of anilines is 1. The molecule has 0 saturated carbocycles. The minimum Gasteiger partial charge on any atom is -0.497 e. The number of amides is 2. The molecule has 1 heterocycles. The molecule has 38 heavy (non-hydrogen) atoms. The van der Waals surface area contributed by atoms with Crippen molar-refractivity contribution < 1.29 is 14.3 Å². The largest absolute Gasteiger partial charge is 0.497 e. The highest BCUT2D eigenvalue weighted by Crippen LogP contribution is 2.27. The highest BCUT2D eigenvalue weighted by Gasteiger charge is 2.23. The third kappa shape index (κ3) is 6.06. The molecule has 4 aromatic rings. The summed E-state index contributed by atoms with van der Waals surface area (Å²) in [5.74, 6) is 0.517. The van der Waals surface area contributed by atoms with E-state index < -0.39 is 0 Å². The Morgan fingerprint density at radius 1 is 1.00 bits per heavy atom. The minimum absolute atomic E-state index is 0.128. The van der Waals surface area contributed by atoms with Crippen molar-refractivity contribution >= 4 is 29.4 Å². The van der Waals surface area contributed by atoms with Gasteiger partial charge in [0.1, 0.15) is 12.3 Å². The van der Waals surface area contributed by atoms with E-state index in [0.29, 0.717) is 22.2 Å². The Bertz CT molecular complexity index is 1440. The zero-order valence-corrected chi connectivity index (χ0v) is 22.9. The molecular formula is C30H31ClN4O3. The van der Waals surface area contributed by atoms with Crippen LogP contribution >= 0.6 is 11.6 Å². The topological polar surface area (TPSA) is 76.5 Å². The first-order chi connectivity index (χ1) is 18.2. The zero-order chi connectivity index (χ0) is 27.4. The van der Waals surface area contributed by atoms with Crippen LogP contribution in [0.15, 0.2) is 72.9 Å². The summed E-state index contributed by atoms with van der Waals surface area (Å²) in [5.41, 5.74) is 5.20. The number of benzene rings is 3. The third-order valence-corrected chi connectivity index (χ3v) is 6.65. The molecule has 0 aliphatic heterocycles. The fourth-order valence-electron chi connectivity index (χ4n) is 4.01. The van der Waals surface area contributed by atoms with Crippen LogP contribution in [0.2, 0.25) is 5.02 Å². The second-order valence-electron chi connectivity index (χ2n) is 9.40. The number of hydrogen-bond donors (Lipinski definition) is 1. The summed E-state index contributed by atoms with van der Waals surface area (Å²) in [6.45, 7) is 7.71. The van der Waals surface area contributed by atoms with E-state index in [0.717, 1.165) is 22.6 Å². The first-order valence-corrected chi connectivity index (χ1v) is 12.7. The lowest BCUT2D eigenvalue weighted by Gasteiger charge is -2.26. The van der Waals surface area contributed by atoms with Gasteiger partial charge in [-0.25, -0.2) is 4.98 Å². The number of halogens is 1. The molecule has 1 N–H and O–H groups in total. The Labute approximate surface area is 228 Å². The number of nitrogens with zero attached hydrogens (tertiary/aromatic N) is 3. The van der Waals surface area contributed by atoms with Crippen molar-refractivity contribution in [2.45, 2.75) is 33.7 Å². The lowest BCUT2D eigenvalue weighted by Crippen LogP contribution is -2.42. The maximum atomic E-state index is 13.3. The molecule has 8 heteroatoms. The summed E-state index contributed by atoms with van der Waals surface area (Å²) >= 11 is 5.97. The molecule has 0 fully saturated rings. The smallest absolute Gasteiger partial charge is 0.254 e. The molecule has 0 atom stereocenters. The predicted octanol–water partition coefficient (Wildman–Crippen LogP) is 6.31. The van der Waals surface area contributed by atoms with E-state index in [1.54, 1.807) is 31.4 Å². The highest BCUT2D eigenvalue weighted by molar-refractivity contribution is 6.30. The van der Waals surface area contributed by atoms with E-state index in [2.05, 4.69) is 18.3 Å². The van der Waals surface area contributed by atoms with Crippen LogP contribution in [0.5, 0.6) is 5.75 Å². The molecule has 0 saturated heterocycles. The van der Waals surface area contributed by atoms with Gasteiger partial charge in [0.25, 0.3) is 5.91 Å². The fraction of sp³-hybridized carbons (Fsp3) is 0.233. The Hall–Kier alpha value is -4.10. The van der Waals surface area contributed by atoms with Crippen LogP contribution in [0.4, 0.5) is 5.95 Å². The SMILES string of the molecule is COc1ccc(-c2cn(-c3ccc(C)c(C)c3)c(NC(=O)CN(C(=O)c3ccc(Cl)cc3)C(C)C)n2)cc1. The van der Waals surface area contributed by atoms with Crippen LogP contribution in [-0.4, -0.2) is 46.0 Å². The van der Waals surface area contributed by atoms with Crippen LogP contribution in [0, 0.1) is 13.8 Å². The molecule has 0 aliphatic carbocycles. The number of rotatable bonds is 8. The van der Waals surface area contributed by atoms with Crippen LogP contribution in [-0.2, 0) is 4.79 Å². The summed E-state index contributed by atoms with van der Waals surface area (Å²) in [7, 11) is 1.62. The van der Waals surface area contributed by atoms with Crippen molar-refractivity contribution in [3.05, 3.63) is 94.6 Å². The van der Waals surface area contributed by atoms with E-state index in [-0.39, 0.29) is 24.4 Å². The van der Waals surface area contributed by atoms with Crippen LogP contribution in [0.3, 0.4) is 0 Å². The standard InChI is InChI=1S/C30H31ClN4O3/c1-19(2)34(29(37)23-7-11-24(31)12-8-23)18-28(36)33-30-32-27(22-9-14-26(38-5)15-10-22)17-35(30)25-13-6-20(3)21(4)16-25/h6-17,19H,18H2,1-5H3,(H,32,33,36). The van der Waals surface area contributed by atoms with Crippen molar-refractivity contribution in [1.82, 2.24) is 14.5 Å². The van der Waals surface area contributed by atoms with E-state index in [1.807, 2.05) is 67.9 Å². The van der Waals surface area contributed by atoms with Gasteiger partial charge < -0.3 is 9.64 Å². The fourth-order valence-corrected chi connectivity index (χ4v) is 4.13. The van der Waals surface area contributed by atoms with E-state index in [1.165, 1.54) is 10.5 Å². The summed E-state index contributed by atoms with van der Waals surface area (Å²) in [4.78, 5) is 32.7. The molecule has 3 aromatic carbocycles. The van der Waals surface area contributed by atoms with Gasteiger partial charge in [-0.15, -0.1) is 0 Å². The molecule has 0 aliphatic rings. The van der Waals surface area contributed by atoms with Crippen LogP contribution < -0.4 is 10.1 Å². The Morgan fingerprint density at radius 2 is 1.68 bits per heavy atom. The Balaban J connectivity index is 1.64. The lowest BCUT2D eigenvalue weighted by molar-refractivity contribution is -0.117. The van der Waals surface area contributed by atoms with Gasteiger partial charge in [-0.2, -0.15) is 0 Å². The van der Waals surface area contributed by atoms with Gasteiger partial charge >= 0.3 is 0 Å². The number of nitrogens with one attached hydrogen (secondary N) is 1. The highest BCUT2D eigenvalue weighted by atomic mass is 35.5. The maximum Gasteiger partial charge on any atom is 0.254 e. The average molecular weight is 531 g/mol. The summed E-state index contributed by atoms with van der Waals surface area (Å²) in [6, 6.07) is 20.1. The normalized spacial score (nSPS) is 10.9. The molecule has 0 bridgehead atoms. The second kappa shape index (κ2) is 11.5. The number of aryl methyl sites for hydroxylation is 2. The van der Waals surface area contributed by atoms with Gasteiger partial charge in [-0.3, -0.25) is 19.5 Å². The third-order valence-electron chi connectivity index (χ3n) is 6.40. The number of aromatic nitrogens is 2. The minimum atomic E-state index is -0.349. The monoisotopic (exact) mass is 530 g/mol. The van der Waals surface area contributed by atoms with Gasteiger partial charge in [-0.05, 0) is 99.5 Å². The van der Waals surface area contributed by atoms with Gasteiger partial charge in [0, 0.05) is 34.1 Å².